The Labute approximate surface area is 181 Å². The summed E-state index contributed by atoms with van der Waals surface area (Å²) in [5.41, 5.74) is 7.55. The lowest BCUT2D eigenvalue weighted by Crippen LogP contribution is -2.58. The Morgan fingerprint density at radius 1 is 1.30 bits per heavy atom. The van der Waals surface area contributed by atoms with Gasteiger partial charge in [0.25, 0.3) is 0 Å². The van der Waals surface area contributed by atoms with Gasteiger partial charge in [-0.3, -0.25) is 14.7 Å². The first-order valence-electron chi connectivity index (χ1n) is 10.1. The van der Waals surface area contributed by atoms with E-state index in [1.54, 1.807) is 40.1 Å². The molecule has 1 aromatic heterocycles. The van der Waals surface area contributed by atoms with Crippen molar-refractivity contribution in [2.24, 2.45) is 16.1 Å². The van der Waals surface area contributed by atoms with Crippen LogP contribution in [0.1, 0.15) is 55.5 Å². The van der Waals surface area contributed by atoms with Crippen LogP contribution >= 0.6 is 11.6 Å². The first-order chi connectivity index (χ1) is 14.0. The molecule has 4 rings (SSSR count). The number of carbonyl (C=O) groups excluding carboxylic acids is 1. The van der Waals surface area contributed by atoms with E-state index in [4.69, 9.17) is 17.3 Å². The average molecular weight is 429 g/mol. The lowest BCUT2D eigenvalue weighted by molar-refractivity contribution is -0.140. The summed E-state index contributed by atoms with van der Waals surface area (Å²) in [4.78, 5) is 23.4. The van der Waals surface area contributed by atoms with Crippen LogP contribution in [0.2, 0.25) is 5.02 Å². The van der Waals surface area contributed by atoms with Gasteiger partial charge in [-0.15, -0.1) is 0 Å². The van der Waals surface area contributed by atoms with Crippen LogP contribution in [0.3, 0.4) is 0 Å². The number of nitrogens with two attached hydrogens (primary N) is 1. The second-order valence-corrected chi connectivity index (χ2v) is 9.42. The lowest BCUT2D eigenvalue weighted by Gasteiger charge is -2.46. The number of benzene rings is 1. The maximum absolute atomic E-state index is 15.0. The van der Waals surface area contributed by atoms with E-state index in [9.17, 15) is 4.79 Å². The molecule has 158 valence electrons. The first kappa shape index (κ1) is 20.8. The third kappa shape index (κ3) is 3.09. The molecule has 0 spiro atoms. The minimum absolute atomic E-state index is 0.0948. The third-order valence-electron chi connectivity index (χ3n) is 6.89. The molecule has 0 saturated carbocycles. The van der Waals surface area contributed by atoms with Gasteiger partial charge in [0.2, 0.25) is 5.91 Å². The molecule has 2 aromatic rings. The lowest BCUT2D eigenvalue weighted by atomic mass is 9.67. The van der Waals surface area contributed by atoms with Gasteiger partial charge >= 0.3 is 0 Å². The highest BCUT2D eigenvalue weighted by Crippen LogP contribution is 2.47. The summed E-state index contributed by atoms with van der Waals surface area (Å²) in [5, 5.41) is 0.649. The molecule has 2 heterocycles. The van der Waals surface area contributed by atoms with Crippen molar-refractivity contribution >= 4 is 23.5 Å². The number of rotatable bonds is 3. The molecule has 2 atom stereocenters. The van der Waals surface area contributed by atoms with Gasteiger partial charge in [0.15, 0.2) is 5.96 Å². The summed E-state index contributed by atoms with van der Waals surface area (Å²) in [6.07, 6.45) is 4.33. The van der Waals surface area contributed by atoms with E-state index in [0.29, 0.717) is 10.6 Å². The molecular weight excluding hydrogens is 403 g/mol. The fourth-order valence-corrected chi connectivity index (χ4v) is 4.83. The molecule has 2 aliphatic rings. The van der Waals surface area contributed by atoms with Crippen molar-refractivity contribution in [1.29, 1.82) is 0 Å². The number of hydrogen-bond donors (Lipinski definition) is 1. The molecule has 1 amide bonds. The zero-order chi connectivity index (χ0) is 21.8. The van der Waals surface area contributed by atoms with E-state index in [0.717, 1.165) is 30.5 Å². The molecule has 0 saturated heterocycles. The van der Waals surface area contributed by atoms with Crippen molar-refractivity contribution in [2.75, 3.05) is 7.05 Å². The summed E-state index contributed by atoms with van der Waals surface area (Å²) in [7, 11) is 1.59. The monoisotopic (exact) mass is 428 g/mol. The minimum Gasteiger partial charge on any atom is -0.369 e. The fourth-order valence-electron chi connectivity index (χ4n) is 4.65. The molecule has 1 aromatic carbocycles. The number of carbonyl (C=O) groups is 1. The Morgan fingerprint density at radius 2 is 2.03 bits per heavy atom. The Kier molecular flexibility index (Phi) is 4.88. The van der Waals surface area contributed by atoms with Gasteiger partial charge in [0.1, 0.15) is 11.4 Å². The van der Waals surface area contributed by atoms with Crippen LogP contribution in [0.15, 0.2) is 35.5 Å². The Hall–Kier alpha value is -2.47. The van der Waals surface area contributed by atoms with Crippen molar-refractivity contribution in [3.05, 3.63) is 63.7 Å². The number of hydrogen-bond acceptors (Lipinski definition) is 4. The molecule has 2 N–H and O–H groups in total. The number of pyridine rings is 1. The van der Waals surface area contributed by atoms with Crippen molar-refractivity contribution in [2.45, 2.75) is 51.5 Å². The van der Waals surface area contributed by atoms with Gasteiger partial charge in [-0.2, -0.15) is 0 Å². The Bertz CT molecular complexity index is 1070. The van der Waals surface area contributed by atoms with E-state index < -0.39 is 11.0 Å². The van der Waals surface area contributed by atoms with E-state index >= 15 is 4.39 Å². The van der Waals surface area contributed by atoms with Crippen molar-refractivity contribution in [1.82, 2.24) is 9.88 Å². The SMILES string of the molecule is CN1C(=O)C(C)(C)[C@@](C)(c2cc(CC3CCc4cc(Cl)cnc43)ccc2F)N=C1N. The number of aryl methyl sites for hydroxylation is 1. The van der Waals surface area contributed by atoms with E-state index in [1.807, 2.05) is 12.1 Å². The summed E-state index contributed by atoms with van der Waals surface area (Å²) < 4.78 is 15.0. The van der Waals surface area contributed by atoms with Gasteiger partial charge in [0.05, 0.1) is 10.4 Å². The van der Waals surface area contributed by atoms with Gasteiger partial charge in [0, 0.05) is 30.4 Å². The predicted molar refractivity (Wildman–Crippen MR) is 116 cm³/mol. The van der Waals surface area contributed by atoms with E-state index in [1.165, 1.54) is 16.5 Å². The molecule has 30 heavy (non-hydrogen) atoms. The predicted octanol–water partition coefficient (Wildman–Crippen LogP) is 4.17. The number of aromatic nitrogens is 1. The number of nitrogens with zero attached hydrogens (tertiary/aromatic N) is 3. The maximum Gasteiger partial charge on any atom is 0.237 e. The van der Waals surface area contributed by atoms with Crippen LogP contribution in [-0.2, 0) is 23.2 Å². The van der Waals surface area contributed by atoms with Crippen LogP contribution in [0, 0.1) is 11.2 Å². The van der Waals surface area contributed by atoms with Crippen molar-refractivity contribution in [3.63, 3.8) is 0 Å². The van der Waals surface area contributed by atoms with Crippen LogP contribution in [0.5, 0.6) is 0 Å². The Balaban J connectivity index is 1.72. The van der Waals surface area contributed by atoms with Crippen molar-refractivity contribution in [3.8, 4) is 0 Å². The second-order valence-electron chi connectivity index (χ2n) is 8.98. The third-order valence-corrected chi connectivity index (χ3v) is 7.10. The highest BCUT2D eigenvalue weighted by atomic mass is 35.5. The first-order valence-corrected chi connectivity index (χ1v) is 10.5. The fraction of sp³-hybridized carbons (Fsp3) is 0.435. The van der Waals surface area contributed by atoms with E-state index in [-0.39, 0.29) is 23.6 Å². The molecule has 1 aliphatic heterocycles. The summed E-state index contributed by atoms with van der Waals surface area (Å²) >= 11 is 6.07. The van der Waals surface area contributed by atoms with Gasteiger partial charge < -0.3 is 5.73 Å². The quantitative estimate of drug-likeness (QED) is 0.797. The van der Waals surface area contributed by atoms with Gasteiger partial charge in [-0.05, 0) is 63.3 Å². The standard InChI is InChI=1S/C23H26ClFN4O/c1-22(2)20(30)29(4)21(26)28-23(22,3)17-10-13(5-8-18(17)25)9-14-6-7-15-11-16(24)12-27-19(14)15/h5,8,10-12,14H,6-7,9H2,1-4H3,(H2,26,28)/t14?,23-/m1/s1. The van der Waals surface area contributed by atoms with Gasteiger partial charge in [-0.1, -0.05) is 23.7 Å². The Morgan fingerprint density at radius 3 is 2.77 bits per heavy atom. The smallest absolute Gasteiger partial charge is 0.237 e. The minimum atomic E-state index is -1.11. The molecule has 0 bridgehead atoms. The number of guanidine groups is 1. The molecule has 5 nitrogen and oxygen atoms in total. The van der Waals surface area contributed by atoms with E-state index in [2.05, 4.69) is 9.98 Å². The highest BCUT2D eigenvalue weighted by molar-refractivity contribution is 6.30. The largest absolute Gasteiger partial charge is 0.369 e. The summed E-state index contributed by atoms with van der Waals surface area (Å²) in [6.45, 7) is 5.35. The van der Waals surface area contributed by atoms with Crippen molar-refractivity contribution < 1.29 is 9.18 Å². The highest BCUT2D eigenvalue weighted by Gasteiger charge is 2.53. The number of halogens is 2. The number of fused-ring (bicyclic) bond motifs is 1. The zero-order valence-corrected chi connectivity index (χ0v) is 18.4. The average Bonchev–Trinajstić information content (AvgIpc) is 3.08. The molecule has 7 heteroatoms. The topological polar surface area (TPSA) is 71.6 Å². The van der Waals surface area contributed by atoms with Crippen LogP contribution in [-0.4, -0.2) is 28.8 Å². The summed E-state index contributed by atoms with van der Waals surface area (Å²) in [6, 6.07) is 7.07. The normalized spacial score (nSPS) is 25.3. The molecule has 0 radical (unpaired) electrons. The molecule has 1 aliphatic carbocycles. The zero-order valence-electron chi connectivity index (χ0n) is 17.7. The molecule has 1 unspecified atom stereocenters. The maximum atomic E-state index is 15.0. The molecular formula is C23H26ClFN4O. The summed E-state index contributed by atoms with van der Waals surface area (Å²) in [5.74, 6) is -0.227. The van der Waals surface area contributed by atoms with Gasteiger partial charge in [-0.25, -0.2) is 9.38 Å². The number of aliphatic imine (C=N–C) groups is 1. The van der Waals surface area contributed by atoms with Crippen LogP contribution in [0.25, 0.3) is 0 Å². The molecule has 0 fully saturated rings. The van der Waals surface area contributed by atoms with Crippen LogP contribution < -0.4 is 5.73 Å². The number of amides is 1. The van der Waals surface area contributed by atoms with Crippen LogP contribution in [0.4, 0.5) is 4.39 Å². The second kappa shape index (κ2) is 7.05.